The van der Waals surface area contributed by atoms with Crippen LogP contribution in [0.25, 0.3) is 10.1 Å². The number of rotatable bonds is 2. The summed E-state index contributed by atoms with van der Waals surface area (Å²) in [6.07, 6.45) is 1.64. The van der Waals surface area contributed by atoms with Gasteiger partial charge in [0, 0.05) is 15.5 Å². The predicted octanol–water partition coefficient (Wildman–Crippen LogP) is 4.62. The van der Waals surface area contributed by atoms with Crippen LogP contribution >= 0.6 is 27.3 Å². The molecule has 5 heteroatoms. The normalized spacial score (nSPS) is 10.7. The first-order chi connectivity index (χ1) is 9.65. The van der Waals surface area contributed by atoms with E-state index >= 15 is 0 Å². The zero-order valence-corrected chi connectivity index (χ0v) is 13.1. The summed E-state index contributed by atoms with van der Waals surface area (Å²) >= 11 is 4.92. The largest absolute Gasteiger partial charge is 0.321 e. The minimum Gasteiger partial charge on any atom is -0.321 e. The highest BCUT2D eigenvalue weighted by molar-refractivity contribution is 9.10. The van der Waals surface area contributed by atoms with Gasteiger partial charge in [0.25, 0.3) is 5.91 Å². The Bertz CT molecular complexity index is 797. The second-order valence-corrected chi connectivity index (χ2v) is 6.09. The molecule has 0 aliphatic carbocycles. The quantitative estimate of drug-likeness (QED) is 0.688. The maximum Gasteiger partial charge on any atom is 0.257 e. The Morgan fingerprint density at radius 2 is 2.15 bits per heavy atom. The van der Waals surface area contributed by atoms with Gasteiger partial charge in [-0.2, -0.15) is 0 Å². The van der Waals surface area contributed by atoms with Crippen LogP contribution in [0.1, 0.15) is 15.9 Å². The number of aromatic nitrogens is 1. The highest BCUT2D eigenvalue weighted by atomic mass is 79.9. The van der Waals surface area contributed by atoms with E-state index < -0.39 is 0 Å². The molecule has 100 valence electrons. The summed E-state index contributed by atoms with van der Waals surface area (Å²) in [5, 5.41) is 5.76. The summed E-state index contributed by atoms with van der Waals surface area (Å²) in [5.41, 5.74) is 2.38. The fourth-order valence-electron chi connectivity index (χ4n) is 1.98. The summed E-state index contributed by atoms with van der Waals surface area (Å²) < 4.78 is 1.90. The Kier molecular flexibility index (Phi) is 3.54. The van der Waals surface area contributed by atoms with E-state index in [1.165, 1.54) is 0 Å². The number of amides is 1. The van der Waals surface area contributed by atoms with Crippen LogP contribution in [0.15, 0.2) is 46.5 Å². The number of carbonyl (C=O) groups is 1. The number of hydrogen-bond donors (Lipinski definition) is 1. The van der Waals surface area contributed by atoms with Crippen molar-refractivity contribution in [2.45, 2.75) is 6.92 Å². The lowest BCUT2D eigenvalue weighted by Gasteiger charge is -2.06. The van der Waals surface area contributed by atoms with Crippen molar-refractivity contribution in [3.8, 4) is 0 Å². The Balaban J connectivity index is 1.91. The number of thiophene rings is 1. The number of halogens is 1. The molecule has 1 N–H and O–H groups in total. The maximum absolute atomic E-state index is 12.3. The van der Waals surface area contributed by atoms with Gasteiger partial charge in [0.15, 0.2) is 0 Å². The third-order valence-electron chi connectivity index (χ3n) is 3.00. The Morgan fingerprint density at radius 3 is 2.95 bits per heavy atom. The van der Waals surface area contributed by atoms with Crippen molar-refractivity contribution >= 4 is 48.9 Å². The molecule has 0 aliphatic rings. The Labute approximate surface area is 128 Å². The molecule has 2 heterocycles. The van der Waals surface area contributed by atoms with Crippen LogP contribution in [0.4, 0.5) is 5.69 Å². The van der Waals surface area contributed by atoms with E-state index in [2.05, 4.69) is 26.2 Å². The van der Waals surface area contributed by atoms with Crippen LogP contribution in [-0.2, 0) is 0 Å². The van der Waals surface area contributed by atoms with E-state index in [1.54, 1.807) is 17.5 Å². The number of anilines is 1. The molecule has 0 saturated heterocycles. The molecule has 0 unspecified atom stereocenters. The first kappa shape index (κ1) is 13.3. The molecule has 0 atom stereocenters. The summed E-state index contributed by atoms with van der Waals surface area (Å²) in [6, 6.07) is 9.79. The average molecular weight is 347 g/mol. The summed E-state index contributed by atoms with van der Waals surface area (Å²) in [4.78, 5) is 16.5. The number of benzene rings is 1. The molecular weight excluding hydrogens is 336 g/mol. The summed E-state index contributed by atoms with van der Waals surface area (Å²) in [7, 11) is 0. The fourth-order valence-corrected chi connectivity index (χ4v) is 3.14. The third-order valence-corrected chi connectivity index (χ3v) is 4.79. The zero-order chi connectivity index (χ0) is 14.1. The van der Waals surface area contributed by atoms with Crippen LogP contribution in [0.5, 0.6) is 0 Å². The van der Waals surface area contributed by atoms with E-state index in [0.29, 0.717) is 11.3 Å². The molecule has 1 amide bonds. The van der Waals surface area contributed by atoms with Gasteiger partial charge in [-0.1, -0.05) is 18.2 Å². The average Bonchev–Trinajstić information content (AvgIpc) is 2.87. The van der Waals surface area contributed by atoms with Crippen molar-refractivity contribution in [3.63, 3.8) is 0 Å². The van der Waals surface area contributed by atoms with Crippen molar-refractivity contribution in [1.82, 2.24) is 4.98 Å². The van der Waals surface area contributed by atoms with Crippen LogP contribution in [0.2, 0.25) is 0 Å². The predicted molar refractivity (Wildman–Crippen MR) is 86.5 cm³/mol. The van der Waals surface area contributed by atoms with Crippen LogP contribution < -0.4 is 5.32 Å². The lowest BCUT2D eigenvalue weighted by Crippen LogP contribution is -2.11. The van der Waals surface area contributed by atoms with E-state index in [-0.39, 0.29) is 5.91 Å². The van der Waals surface area contributed by atoms with Crippen molar-refractivity contribution in [2.75, 3.05) is 5.32 Å². The van der Waals surface area contributed by atoms with Crippen LogP contribution in [0.3, 0.4) is 0 Å². The number of pyridine rings is 1. The topological polar surface area (TPSA) is 42.0 Å². The van der Waals surface area contributed by atoms with Crippen molar-refractivity contribution in [3.05, 3.63) is 57.6 Å². The number of aryl methyl sites for hydroxylation is 1. The number of carbonyl (C=O) groups excluding carboxylic acids is 1. The number of hydrogen-bond acceptors (Lipinski definition) is 3. The lowest BCUT2D eigenvalue weighted by molar-refractivity contribution is 0.102. The van der Waals surface area contributed by atoms with Gasteiger partial charge in [0.05, 0.1) is 17.4 Å². The first-order valence-electron chi connectivity index (χ1n) is 6.05. The number of nitrogens with zero attached hydrogens (tertiary/aromatic N) is 1. The fraction of sp³-hybridized carbons (Fsp3) is 0.0667. The van der Waals surface area contributed by atoms with Gasteiger partial charge in [-0.15, -0.1) is 11.3 Å². The highest BCUT2D eigenvalue weighted by Crippen LogP contribution is 2.26. The first-order valence-corrected chi connectivity index (χ1v) is 7.72. The summed E-state index contributed by atoms with van der Waals surface area (Å²) in [5.74, 6) is -0.106. The molecule has 3 nitrogen and oxygen atoms in total. The minimum atomic E-state index is -0.106. The lowest BCUT2D eigenvalue weighted by atomic mass is 10.1. The zero-order valence-electron chi connectivity index (χ0n) is 10.7. The van der Waals surface area contributed by atoms with E-state index in [0.717, 1.165) is 20.3 Å². The minimum absolute atomic E-state index is 0.106. The molecule has 0 aliphatic heterocycles. The SMILES string of the molecule is Cc1cc(NC(=O)c2csc3ccccc23)cnc1Br. The molecule has 3 aromatic rings. The number of nitrogens with one attached hydrogen (secondary N) is 1. The highest BCUT2D eigenvalue weighted by Gasteiger charge is 2.12. The van der Waals surface area contributed by atoms with E-state index in [1.807, 2.05) is 42.6 Å². The van der Waals surface area contributed by atoms with E-state index in [9.17, 15) is 4.79 Å². The van der Waals surface area contributed by atoms with Gasteiger partial charge in [-0.05, 0) is 40.5 Å². The molecular formula is C15H11BrN2OS. The Hall–Kier alpha value is -1.72. The molecule has 0 spiro atoms. The molecule has 0 fully saturated rings. The maximum atomic E-state index is 12.3. The second-order valence-electron chi connectivity index (χ2n) is 4.43. The van der Waals surface area contributed by atoms with Gasteiger partial charge in [0.1, 0.15) is 4.60 Å². The molecule has 0 bridgehead atoms. The number of fused-ring (bicyclic) bond motifs is 1. The van der Waals surface area contributed by atoms with E-state index in [4.69, 9.17) is 0 Å². The molecule has 3 rings (SSSR count). The van der Waals surface area contributed by atoms with Crippen LogP contribution in [-0.4, -0.2) is 10.9 Å². The molecule has 1 aromatic carbocycles. The van der Waals surface area contributed by atoms with Gasteiger partial charge in [-0.25, -0.2) is 4.98 Å². The smallest absolute Gasteiger partial charge is 0.257 e. The van der Waals surface area contributed by atoms with Crippen molar-refractivity contribution in [1.29, 1.82) is 0 Å². The van der Waals surface area contributed by atoms with Gasteiger partial charge >= 0.3 is 0 Å². The molecule has 2 aromatic heterocycles. The molecule has 20 heavy (non-hydrogen) atoms. The van der Waals surface area contributed by atoms with Crippen molar-refractivity contribution in [2.24, 2.45) is 0 Å². The Morgan fingerprint density at radius 1 is 1.35 bits per heavy atom. The van der Waals surface area contributed by atoms with Gasteiger partial charge < -0.3 is 5.32 Å². The van der Waals surface area contributed by atoms with Crippen molar-refractivity contribution < 1.29 is 4.79 Å². The van der Waals surface area contributed by atoms with Gasteiger partial charge in [0.2, 0.25) is 0 Å². The molecule has 0 saturated carbocycles. The second kappa shape index (κ2) is 5.34. The summed E-state index contributed by atoms with van der Waals surface area (Å²) in [6.45, 7) is 1.94. The monoisotopic (exact) mass is 346 g/mol. The third kappa shape index (κ3) is 2.46. The van der Waals surface area contributed by atoms with Gasteiger partial charge in [-0.3, -0.25) is 4.79 Å². The molecule has 0 radical (unpaired) electrons. The standard InChI is InChI=1S/C15H11BrN2OS/c1-9-6-10(7-17-14(9)16)18-15(19)12-8-20-13-5-3-2-4-11(12)13/h2-8H,1H3,(H,18,19). The van der Waals surface area contributed by atoms with Crippen LogP contribution in [0, 0.1) is 6.92 Å².